The van der Waals surface area contributed by atoms with E-state index in [0.29, 0.717) is 6.07 Å². The van der Waals surface area contributed by atoms with E-state index in [-0.39, 0.29) is 39.3 Å². The van der Waals surface area contributed by atoms with Crippen molar-refractivity contribution in [3.8, 4) is 11.5 Å². The molecule has 0 unspecified atom stereocenters. The molecule has 0 atom stereocenters. The number of aryl methyl sites for hydroxylation is 2. The Hall–Kier alpha value is -1.93. The molecule has 0 bridgehead atoms. The van der Waals surface area contributed by atoms with Crippen LogP contribution in [-0.4, -0.2) is 59.4 Å². The molecule has 3 aromatic rings. The predicted molar refractivity (Wildman–Crippen MR) is 121 cm³/mol. The Morgan fingerprint density at radius 2 is 1.06 bits per heavy atom. The van der Waals surface area contributed by atoms with Crippen molar-refractivity contribution in [3.05, 3.63) is 77.9 Å². The Kier molecular flexibility index (Phi) is 8.39. The standard InChI is InChI=1S/C20H18O9S3.Na.H/c1-14-3-8-17(9-4-14)31(24,25)28-16-7-12-19(20(13-16)30(21,22)23)29-32(26,27)18-10-5-15(2)6-11-18;;/h3-13H,1-2H3,(H,21,22,23);;. The quantitative estimate of drug-likeness (QED) is 0.281. The van der Waals surface area contributed by atoms with Crippen molar-refractivity contribution in [1.29, 1.82) is 0 Å². The summed E-state index contributed by atoms with van der Waals surface area (Å²) >= 11 is 0. The summed E-state index contributed by atoms with van der Waals surface area (Å²) < 4.78 is 92.9. The monoisotopic (exact) mass is 522 g/mol. The summed E-state index contributed by atoms with van der Waals surface area (Å²) in [6.45, 7) is 3.51. The molecule has 9 nitrogen and oxygen atoms in total. The van der Waals surface area contributed by atoms with Crippen molar-refractivity contribution in [1.82, 2.24) is 0 Å². The van der Waals surface area contributed by atoms with E-state index in [2.05, 4.69) is 0 Å². The molecular formula is C20H19NaO9S3. The van der Waals surface area contributed by atoms with E-state index in [0.717, 1.165) is 23.3 Å². The molecule has 0 aliphatic carbocycles. The van der Waals surface area contributed by atoms with Gasteiger partial charge in [0.05, 0.1) is 0 Å². The van der Waals surface area contributed by atoms with Crippen molar-refractivity contribution in [3.63, 3.8) is 0 Å². The molecule has 1 N–H and O–H groups in total. The molecule has 0 spiro atoms. The van der Waals surface area contributed by atoms with E-state index < -0.39 is 46.7 Å². The van der Waals surface area contributed by atoms with Gasteiger partial charge in [-0.1, -0.05) is 35.4 Å². The normalized spacial score (nSPS) is 12.0. The molecule has 0 saturated heterocycles. The minimum atomic E-state index is -5.01. The Labute approximate surface area is 214 Å². The minimum absolute atomic E-state index is 0. The van der Waals surface area contributed by atoms with Crippen LogP contribution < -0.4 is 8.37 Å². The van der Waals surface area contributed by atoms with Crippen molar-refractivity contribution < 1.29 is 38.2 Å². The maximum atomic E-state index is 12.5. The number of hydrogen-bond donors (Lipinski definition) is 1. The van der Waals surface area contributed by atoms with Crippen LogP contribution in [0.1, 0.15) is 11.1 Å². The summed E-state index contributed by atoms with van der Waals surface area (Å²) in [6, 6.07) is 13.8. The fourth-order valence-electron chi connectivity index (χ4n) is 2.56. The van der Waals surface area contributed by atoms with E-state index in [4.69, 9.17) is 8.37 Å². The first-order chi connectivity index (χ1) is 14.8. The summed E-state index contributed by atoms with van der Waals surface area (Å²) in [5, 5.41) is 0. The van der Waals surface area contributed by atoms with Gasteiger partial charge in [-0.25, -0.2) is 0 Å². The molecule has 0 fully saturated rings. The average Bonchev–Trinajstić information content (AvgIpc) is 2.68. The van der Waals surface area contributed by atoms with Gasteiger partial charge in [-0.2, -0.15) is 25.3 Å². The molecule has 0 aromatic heterocycles. The van der Waals surface area contributed by atoms with Gasteiger partial charge in [-0.15, -0.1) is 0 Å². The molecule has 3 aromatic carbocycles. The Morgan fingerprint density at radius 1 is 0.636 bits per heavy atom. The van der Waals surface area contributed by atoms with Crippen molar-refractivity contribution in [2.24, 2.45) is 0 Å². The number of benzene rings is 3. The van der Waals surface area contributed by atoms with Crippen molar-refractivity contribution in [2.45, 2.75) is 28.5 Å². The zero-order chi connectivity index (χ0) is 23.7. The van der Waals surface area contributed by atoms with Crippen LogP contribution in [0.15, 0.2) is 81.4 Å². The zero-order valence-electron chi connectivity index (χ0n) is 16.8. The van der Waals surface area contributed by atoms with E-state index in [9.17, 15) is 29.8 Å². The molecule has 3 rings (SSSR count). The molecule has 0 amide bonds. The van der Waals surface area contributed by atoms with Crippen LogP contribution in [0.4, 0.5) is 0 Å². The SMILES string of the molecule is Cc1ccc(S(=O)(=O)Oc2ccc(OS(=O)(=O)c3ccc(C)cc3)c(S(=O)(=O)O)c2)cc1.[NaH]. The third-order valence-electron chi connectivity index (χ3n) is 4.22. The Balaban J connectivity index is 0.00000385. The van der Waals surface area contributed by atoms with Crippen LogP contribution in [0.2, 0.25) is 0 Å². The fraction of sp³-hybridized carbons (Fsp3) is 0.100. The first-order valence-corrected chi connectivity index (χ1v) is 13.2. The van der Waals surface area contributed by atoms with Crippen LogP contribution in [0, 0.1) is 13.8 Å². The topological polar surface area (TPSA) is 141 Å². The third kappa shape index (κ3) is 6.79. The van der Waals surface area contributed by atoms with Gasteiger partial charge < -0.3 is 8.37 Å². The molecule has 0 heterocycles. The summed E-state index contributed by atoms with van der Waals surface area (Å²) in [4.78, 5) is -1.41. The molecule has 0 radical (unpaired) electrons. The van der Waals surface area contributed by atoms with Crippen LogP contribution in [-0.2, 0) is 30.4 Å². The number of hydrogen-bond acceptors (Lipinski definition) is 8. The van der Waals surface area contributed by atoms with Crippen LogP contribution >= 0.6 is 0 Å². The van der Waals surface area contributed by atoms with Gasteiger partial charge in [0.25, 0.3) is 10.1 Å². The van der Waals surface area contributed by atoms with E-state index in [1.165, 1.54) is 36.4 Å². The average molecular weight is 523 g/mol. The Morgan fingerprint density at radius 3 is 1.48 bits per heavy atom. The van der Waals surface area contributed by atoms with Gasteiger partial charge in [0.2, 0.25) is 0 Å². The summed E-state index contributed by atoms with van der Waals surface area (Å²) in [6.07, 6.45) is 0. The zero-order valence-corrected chi connectivity index (χ0v) is 19.2. The molecule has 0 aliphatic heterocycles. The second-order valence-corrected chi connectivity index (χ2v) is 11.3. The summed E-state index contributed by atoms with van der Waals surface area (Å²) in [7, 11) is -13.8. The second-order valence-electron chi connectivity index (χ2n) is 6.78. The van der Waals surface area contributed by atoms with E-state index >= 15 is 0 Å². The van der Waals surface area contributed by atoms with Crippen LogP contribution in [0.5, 0.6) is 11.5 Å². The van der Waals surface area contributed by atoms with Gasteiger partial charge in [0, 0.05) is 6.07 Å². The molecule has 0 saturated carbocycles. The molecule has 172 valence electrons. The second kappa shape index (κ2) is 10.1. The van der Waals surface area contributed by atoms with E-state index in [1.54, 1.807) is 26.0 Å². The summed E-state index contributed by atoms with van der Waals surface area (Å²) in [5.74, 6) is -1.20. The molecule has 0 aliphatic rings. The Bertz CT molecular complexity index is 1460. The number of rotatable bonds is 7. The fourth-order valence-corrected chi connectivity index (χ4v) is 5.11. The van der Waals surface area contributed by atoms with Crippen LogP contribution in [0.25, 0.3) is 0 Å². The van der Waals surface area contributed by atoms with Gasteiger partial charge in [0.15, 0.2) is 5.75 Å². The first-order valence-electron chi connectivity index (χ1n) is 8.92. The molecular weight excluding hydrogens is 503 g/mol. The van der Waals surface area contributed by atoms with Gasteiger partial charge >= 0.3 is 49.8 Å². The van der Waals surface area contributed by atoms with Gasteiger partial charge in [-0.05, 0) is 50.2 Å². The maximum absolute atomic E-state index is 12.5. The van der Waals surface area contributed by atoms with Crippen LogP contribution in [0.3, 0.4) is 0 Å². The summed E-state index contributed by atoms with van der Waals surface area (Å²) in [5.41, 5.74) is 1.60. The van der Waals surface area contributed by atoms with E-state index in [1.807, 2.05) is 0 Å². The molecule has 13 heteroatoms. The third-order valence-corrected chi connectivity index (χ3v) is 7.60. The van der Waals surface area contributed by atoms with Gasteiger partial charge in [0.1, 0.15) is 20.4 Å². The van der Waals surface area contributed by atoms with Crippen molar-refractivity contribution >= 4 is 59.9 Å². The van der Waals surface area contributed by atoms with Gasteiger partial charge in [-0.3, -0.25) is 4.55 Å². The molecule has 33 heavy (non-hydrogen) atoms. The first kappa shape index (κ1) is 27.3. The van der Waals surface area contributed by atoms with Crippen molar-refractivity contribution in [2.75, 3.05) is 0 Å². The predicted octanol–water partition coefficient (Wildman–Crippen LogP) is 2.44.